The largest absolute Gasteiger partial charge is 0.461 e. The summed E-state index contributed by atoms with van der Waals surface area (Å²) >= 11 is 1.57. The fraction of sp³-hybridized carbons (Fsp3) is 0.556. The molecule has 1 atom stereocenters. The van der Waals surface area contributed by atoms with Crippen molar-refractivity contribution in [1.82, 2.24) is 5.01 Å². The second kappa shape index (κ2) is 6.47. The van der Waals surface area contributed by atoms with Gasteiger partial charge in [0.2, 0.25) is 0 Å². The summed E-state index contributed by atoms with van der Waals surface area (Å²) in [5, 5.41) is 5.63. The molecule has 0 spiro atoms. The van der Waals surface area contributed by atoms with Gasteiger partial charge in [-0.1, -0.05) is 18.7 Å². The fourth-order valence-electron chi connectivity index (χ4n) is 0.820. The third kappa shape index (κ3) is 4.85. The number of rotatable bonds is 5. The maximum atomic E-state index is 11.2. The molecular formula is C9H15N3O2S. The van der Waals surface area contributed by atoms with Gasteiger partial charge in [0.15, 0.2) is 0 Å². The van der Waals surface area contributed by atoms with Gasteiger partial charge in [0, 0.05) is 18.3 Å². The van der Waals surface area contributed by atoms with Crippen molar-refractivity contribution in [3.8, 4) is 0 Å². The Labute approximate surface area is 93.3 Å². The lowest BCUT2D eigenvalue weighted by molar-refractivity contribution is -0.138. The highest BCUT2D eigenvalue weighted by Gasteiger charge is 2.05. The van der Waals surface area contributed by atoms with Crippen LogP contribution >= 0.6 is 11.8 Å². The van der Waals surface area contributed by atoms with Gasteiger partial charge in [-0.2, -0.15) is 5.10 Å². The molecule has 0 fully saturated rings. The first-order valence-electron chi connectivity index (χ1n) is 4.73. The number of thioether (sulfide) groups is 1. The van der Waals surface area contributed by atoms with E-state index in [1.54, 1.807) is 28.5 Å². The van der Waals surface area contributed by atoms with Crippen molar-refractivity contribution >= 4 is 23.3 Å². The predicted molar refractivity (Wildman–Crippen MR) is 61.2 cm³/mol. The predicted octanol–water partition coefficient (Wildman–Crippen LogP) is 0.730. The summed E-state index contributed by atoms with van der Waals surface area (Å²) in [5.74, 6) is 0.351. The van der Waals surface area contributed by atoms with Crippen LogP contribution in [0, 0.1) is 0 Å². The van der Waals surface area contributed by atoms with Crippen LogP contribution in [0.25, 0.3) is 0 Å². The van der Waals surface area contributed by atoms with Gasteiger partial charge in [-0.3, -0.25) is 5.01 Å². The van der Waals surface area contributed by atoms with Crippen LogP contribution in [-0.2, 0) is 9.53 Å². The van der Waals surface area contributed by atoms with E-state index in [-0.39, 0.29) is 18.6 Å². The smallest absolute Gasteiger partial charge is 0.332 e. The second-order valence-electron chi connectivity index (χ2n) is 3.07. The fourth-order valence-corrected chi connectivity index (χ4v) is 1.38. The molecule has 1 unspecified atom stereocenters. The van der Waals surface area contributed by atoms with Gasteiger partial charge in [-0.25, -0.2) is 4.79 Å². The normalized spacial score (nSPS) is 17.3. The Morgan fingerprint density at radius 3 is 3.27 bits per heavy atom. The molecule has 0 amide bonds. The SMILES string of the molecule is CCC(N)COC(=O)C=CN1CSC=N1. The zero-order valence-electron chi connectivity index (χ0n) is 8.63. The molecule has 1 heterocycles. The van der Waals surface area contributed by atoms with Gasteiger partial charge in [-0.15, -0.1) is 0 Å². The minimum atomic E-state index is -0.383. The van der Waals surface area contributed by atoms with Gasteiger partial charge in [0.25, 0.3) is 0 Å². The summed E-state index contributed by atoms with van der Waals surface area (Å²) in [6.45, 7) is 2.21. The van der Waals surface area contributed by atoms with Crippen molar-refractivity contribution in [2.45, 2.75) is 19.4 Å². The third-order valence-electron chi connectivity index (χ3n) is 1.82. The van der Waals surface area contributed by atoms with Gasteiger partial charge < -0.3 is 10.5 Å². The van der Waals surface area contributed by atoms with Gasteiger partial charge >= 0.3 is 5.97 Å². The van der Waals surface area contributed by atoms with Crippen LogP contribution in [0.5, 0.6) is 0 Å². The molecule has 5 nitrogen and oxygen atoms in total. The average Bonchev–Trinajstić information content (AvgIpc) is 2.75. The van der Waals surface area contributed by atoms with Crippen LogP contribution in [-0.4, -0.2) is 35.1 Å². The van der Waals surface area contributed by atoms with E-state index in [1.807, 2.05) is 6.92 Å². The van der Waals surface area contributed by atoms with Crippen LogP contribution in [0.1, 0.15) is 13.3 Å². The highest BCUT2D eigenvalue weighted by Crippen LogP contribution is 2.09. The number of nitrogens with zero attached hydrogens (tertiary/aromatic N) is 2. The molecule has 0 saturated carbocycles. The molecule has 1 aliphatic rings. The Bertz CT molecular complexity index is 268. The number of carbonyl (C=O) groups is 1. The Morgan fingerprint density at radius 2 is 2.67 bits per heavy atom. The Kier molecular flexibility index (Phi) is 5.20. The first kappa shape index (κ1) is 12.1. The average molecular weight is 229 g/mol. The summed E-state index contributed by atoms with van der Waals surface area (Å²) in [7, 11) is 0. The topological polar surface area (TPSA) is 67.9 Å². The Balaban J connectivity index is 2.20. The van der Waals surface area contributed by atoms with Crippen molar-refractivity contribution in [3.05, 3.63) is 12.3 Å². The lowest BCUT2D eigenvalue weighted by Gasteiger charge is -2.08. The van der Waals surface area contributed by atoms with E-state index in [0.29, 0.717) is 0 Å². The Hall–Kier alpha value is -1.01. The van der Waals surface area contributed by atoms with E-state index in [1.165, 1.54) is 6.08 Å². The zero-order valence-corrected chi connectivity index (χ0v) is 9.44. The van der Waals surface area contributed by atoms with Crippen molar-refractivity contribution < 1.29 is 9.53 Å². The van der Waals surface area contributed by atoms with Gasteiger partial charge in [0.05, 0.1) is 11.4 Å². The minimum absolute atomic E-state index is 0.0808. The first-order chi connectivity index (χ1) is 7.22. The summed E-state index contributed by atoms with van der Waals surface area (Å²) in [6.07, 6.45) is 3.74. The molecule has 0 aliphatic carbocycles. The number of ether oxygens (including phenoxy) is 1. The minimum Gasteiger partial charge on any atom is -0.461 e. The van der Waals surface area contributed by atoms with E-state index in [9.17, 15) is 4.79 Å². The highest BCUT2D eigenvalue weighted by atomic mass is 32.2. The number of esters is 1. The van der Waals surface area contributed by atoms with Crippen molar-refractivity contribution in [3.63, 3.8) is 0 Å². The number of hydrogen-bond donors (Lipinski definition) is 1. The number of nitrogens with two attached hydrogens (primary N) is 1. The first-order valence-corrected chi connectivity index (χ1v) is 5.78. The molecule has 0 aromatic rings. The number of hydrogen-bond acceptors (Lipinski definition) is 6. The monoisotopic (exact) mass is 229 g/mol. The molecule has 1 rings (SSSR count). The highest BCUT2D eigenvalue weighted by molar-refractivity contribution is 8.12. The maximum Gasteiger partial charge on any atom is 0.332 e. The zero-order chi connectivity index (χ0) is 11.1. The second-order valence-corrected chi connectivity index (χ2v) is 3.87. The lowest BCUT2D eigenvalue weighted by Crippen LogP contribution is -2.26. The van der Waals surface area contributed by atoms with E-state index in [0.717, 1.165) is 12.3 Å². The van der Waals surface area contributed by atoms with Gasteiger partial charge in [-0.05, 0) is 6.42 Å². The van der Waals surface area contributed by atoms with E-state index in [2.05, 4.69) is 5.10 Å². The van der Waals surface area contributed by atoms with Crippen LogP contribution < -0.4 is 5.73 Å². The summed E-state index contributed by atoms with van der Waals surface area (Å²) < 4.78 is 4.92. The number of hydrazone groups is 1. The molecule has 2 N–H and O–H groups in total. The molecule has 1 aliphatic heterocycles. The number of carbonyl (C=O) groups excluding carboxylic acids is 1. The van der Waals surface area contributed by atoms with E-state index < -0.39 is 0 Å². The Morgan fingerprint density at radius 1 is 1.87 bits per heavy atom. The third-order valence-corrected chi connectivity index (χ3v) is 2.48. The molecule has 0 radical (unpaired) electrons. The molecule has 15 heavy (non-hydrogen) atoms. The van der Waals surface area contributed by atoms with Crippen molar-refractivity contribution in [1.29, 1.82) is 0 Å². The molecule has 84 valence electrons. The molecular weight excluding hydrogens is 214 g/mol. The summed E-state index contributed by atoms with van der Waals surface area (Å²) in [5.41, 5.74) is 7.33. The molecule has 0 aromatic heterocycles. The van der Waals surface area contributed by atoms with Crippen LogP contribution in [0.4, 0.5) is 0 Å². The van der Waals surface area contributed by atoms with Gasteiger partial charge in [0.1, 0.15) is 6.61 Å². The molecule has 0 bridgehead atoms. The van der Waals surface area contributed by atoms with Crippen LogP contribution in [0.15, 0.2) is 17.4 Å². The molecule has 0 saturated heterocycles. The summed E-state index contributed by atoms with van der Waals surface area (Å²) in [6, 6.07) is -0.0808. The quantitative estimate of drug-likeness (QED) is 0.556. The standard InChI is InChI=1S/C9H15N3O2S/c1-2-8(10)5-14-9(13)3-4-12-7-15-6-11-12/h3-4,6,8H,2,5,7,10H2,1H3. The van der Waals surface area contributed by atoms with E-state index >= 15 is 0 Å². The molecule has 6 heteroatoms. The maximum absolute atomic E-state index is 11.2. The lowest BCUT2D eigenvalue weighted by atomic mass is 10.3. The summed E-state index contributed by atoms with van der Waals surface area (Å²) in [4.78, 5) is 11.2. The van der Waals surface area contributed by atoms with Crippen molar-refractivity contribution in [2.75, 3.05) is 12.5 Å². The van der Waals surface area contributed by atoms with Crippen LogP contribution in [0.3, 0.4) is 0 Å². The van der Waals surface area contributed by atoms with Crippen LogP contribution in [0.2, 0.25) is 0 Å². The molecule has 0 aromatic carbocycles. The van der Waals surface area contributed by atoms with E-state index in [4.69, 9.17) is 10.5 Å². The van der Waals surface area contributed by atoms with Crippen molar-refractivity contribution in [2.24, 2.45) is 10.8 Å².